The van der Waals surface area contributed by atoms with Crippen molar-refractivity contribution in [1.29, 1.82) is 0 Å². The molecule has 0 radical (unpaired) electrons. The standard InChI is InChI=1S/C22H27ClN2O2/c1-5-20(22(27)24-4)25(14-18-8-6-7-9-19(18)23)21(26)13-17-11-10-15(2)16(3)12-17/h6-12,20H,5,13-14H2,1-4H3,(H,24,27). The molecular formula is C22H27ClN2O2. The third-order valence-corrected chi connectivity index (χ3v) is 5.23. The molecule has 1 N–H and O–H groups in total. The first-order valence-electron chi connectivity index (χ1n) is 9.18. The maximum Gasteiger partial charge on any atom is 0.242 e. The van der Waals surface area contributed by atoms with E-state index in [2.05, 4.69) is 5.32 Å². The van der Waals surface area contributed by atoms with Crippen molar-refractivity contribution in [2.24, 2.45) is 0 Å². The summed E-state index contributed by atoms with van der Waals surface area (Å²) in [4.78, 5) is 27.2. The molecule has 2 rings (SSSR count). The molecule has 0 aliphatic heterocycles. The summed E-state index contributed by atoms with van der Waals surface area (Å²) >= 11 is 6.29. The van der Waals surface area contributed by atoms with Gasteiger partial charge in [0.25, 0.3) is 0 Å². The fourth-order valence-electron chi connectivity index (χ4n) is 3.09. The Balaban J connectivity index is 2.32. The van der Waals surface area contributed by atoms with E-state index in [9.17, 15) is 9.59 Å². The molecule has 0 saturated heterocycles. The molecule has 4 nitrogen and oxygen atoms in total. The molecule has 0 heterocycles. The Labute approximate surface area is 166 Å². The number of amides is 2. The average Bonchev–Trinajstić information content (AvgIpc) is 2.65. The van der Waals surface area contributed by atoms with Crippen molar-refractivity contribution in [3.8, 4) is 0 Å². The van der Waals surface area contributed by atoms with Crippen LogP contribution in [-0.2, 0) is 22.6 Å². The molecule has 0 fully saturated rings. The molecule has 0 bridgehead atoms. The predicted molar refractivity (Wildman–Crippen MR) is 110 cm³/mol. The molecule has 1 unspecified atom stereocenters. The number of nitrogens with zero attached hydrogens (tertiary/aromatic N) is 1. The molecule has 144 valence electrons. The van der Waals surface area contributed by atoms with E-state index < -0.39 is 6.04 Å². The van der Waals surface area contributed by atoms with Crippen LogP contribution in [0.15, 0.2) is 42.5 Å². The first-order chi connectivity index (χ1) is 12.9. The molecule has 0 saturated carbocycles. The second-order valence-electron chi connectivity index (χ2n) is 6.75. The van der Waals surface area contributed by atoms with Crippen molar-refractivity contribution in [3.05, 3.63) is 69.7 Å². The third-order valence-electron chi connectivity index (χ3n) is 4.86. The SMILES string of the molecule is CCC(C(=O)NC)N(Cc1ccccc1Cl)C(=O)Cc1ccc(C)c(C)c1. The topological polar surface area (TPSA) is 49.4 Å². The molecule has 2 amide bonds. The Bertz CT molecular complexity index is 820. The number of nitrogens with one attached hydrogen (secondary N) is 1. The van der Waals surface area contributed by atoms with E-state index in [-0.39, 0.29) is 18.2 Å². The zero-order valence-electron chi connectivity index (χ0n) is 16.4. The van der Waals surface area contributed by atoms with Gasteiger partial charge in [-0.05, 0) is 48.6 Å². The monoisotopic (exact) mass is 386 g/mol. The first kappa shape index (κ1) is 21.0. The Hall–Kier alpha value is -2.33. The van der Waals surface area contributed by atoms with Crippen molar-refractivity contribution in [2.45, 2.75) is 46.2 Å². The first-order valence-corrected chi connectivity index (χ1v) is 9.55. The predicted octanol–water partition coefficient (Wildman–Crippen LogP) is 4.05. The van der Waals surface area contributed by atoms with Crippen LogP contribution in [-0.4, -0.2) is 29.8 Å². The number of hydrogen-bond acceptors (Lipinski definition) is 2. The minimum atomic E-state index is -0.537. The molecule has 1 atom stereocenters. The third kappa shape index (κ3) is 5.33. The highest BCUT2D eigenvalue weighted by Gasteiger charge is 2.28. The summed E-state index contributed by atoms with van der Waals surface area (Å²) in [5.74, 6) is -0.258. The van der Waals surface area contributed by atoms with Crippen LogP contribution in [0.2, 0.25) is 5.02 Å². The van der Waals surface area contributed by atoms with Gasteiger partial charge in [-0.15, -0.1) is 0 Å². The van der Waals surface area contributed by atoms with E-state index in [1.807, 2.05) is 57.2 Å². The molecule has 2 aromatic carbocycles. The van der Waals surface area contributed by atoms with E-state index >= 15 is 0 Å². The molecule has 2 aromatic rings. The number of hydrogen-bond donors (Lipinski definition) is 1. The van der Waals surface area contributed by atoms with Crippen molar-refractivity contribution >= 4 is 23.4 Å². The number of halogens is 1. The summed E-state index contributed by atoms with van der Waals surface area (Å²) in [7, 11) is 1.59. The van der Waals surface area contributed by atoms with E-state index in [0.717, 1.165) is 16.7 Å². The summed E-state index contributed by atoms with van der Waals surface area (Å²) in [5.41, 5.74) is 4.11. The highest BCUT2D eigenvalue weighted by atomic mass is 35.5. The van der Waals surface area contributed by atoms with Crippen molar-refractivity contribution in [1.82, 2.24) is 10.2 Å². The maximum atomic E-state index is 13.1. The highest BCUT2D eigenvalue weighted by molar-refractivity contribution is 6.31. The molecular weight excluding hydrogens is 360 g/mol. The van der Waals surface area contributed by atoms with Gasteiger partial charge in [-0.25, -0.2) is 0 Å². The van der Waals surface area contributed by atoms with Gasteiger partial charge in [-0.3, -0.25) is 9.59 Å². The normalized spacial score (nSPS) is 11.7. The molecule has 0 spiro atoms. The van der Waals surface area contributed by atoms with Crippen molar-refractivity contribution < 1.29 is 9.59 Å². The number of rotatable bonds is 7. The summed E-state index contributed by atoms with van der Waals surface area (Å²) in [5, 5.41) is 3.26. The van der Waals surface area contributed by atoms with E-state index in [1.54, 1.807) is 18.0 Å². The van der Waals surface area contributed by atoms with Gasteiger partial charge in [0, 0.05) is 18.6 Å². The van der Waals surface area contributed by atoms with E-state index in [0.29, 0.717) is 18.0 Å². The summed E-state index contributed by atoms with van der Waals surface area (Å²) in [6.07, 6.45) is 0.780. The fraction of sp³-hybridized carbons (Fsp3) is 0.364. The quantitative estimate of drug-likeness (QED) is 0.780. The van der Waals surface area contributed by atoms with Gasteiger partial charge in [-0.1, -0.05) is 54.9 Å². The van der Waals surface area contributed by atoms with Gasteiger partial charge in [-0.2, -0.15) is 0 Å². The smallest absolute Gasteiger partial charge is 0.242 e. The summed E-state index contributed by atoms with van der Waals surface area (Å²) in [6.45, 7) is 6.28. The lowest BCUT2D eigenvalue weighted by atomic mass is 10.0. The number of carbonyl (C=O) groups is 2. The molecule has 5 heteroatoms. The van der Waals surface area contributed by atoms with Crippen LogP contribution < -0.4 is 5.32 Å². The van der Waals surface area contributed by atoms with Crippen LogP contribution in [0.4, 0.5) is 0 Å². The van der Waals surface area contributed by atoms with Crippen molar-refractivity contribution in [2.75, 3.05) is 7.05 Å². The van der Waals surface area contributed by atoms with Crippen LogP contribution in [0.25, 0.3) is 0 Å². The maximum absolute atomic E-state index is 13.1. The largest absolute Gasteiger partial charge is 0.357 e. The molecule has 27 heavy (non-hydrogen) atoms. The number of benzene rings is 2. The fourth-order valence-corrected chi connectivity index (χ4v) is 3.28. The van der Waals surface area contributed by atoms with Crippen LogP contribution in [0.1, 0.15) is 35.6 Å². The van der Waals surface area contributed by atoms with Gasteiger partial charge in [0.2, 0.25) is 11.8 Å². The van der Waals surface area contributed by atoms with E-state index in [1.165, 1.54) is 5.56 Å². The molecule has 0 aliphatic rings. The van der Waals surface area contributed by atoms with Gasteiger partial charge >= 0.3 is 0 Å². The van der Waals surface area contributed by atoms with Gasteiger partial charge < -0.3 is 10.2 Å². The lowest BCUT2D eigenvalue weighted by Gasteiger charge is -2.30. The van der Waals surface area contributed by atoms with Crippen LogP contribution in [0, 0.1) is 13.8 Å². The summed E-state index contributed by atoms with van der Waals surface area (Å²) < 4.78 is 0. The minimum Gasteiger partial charge on any atom is -0.357 e. The second-order valence-corrected chi connectivity index (χ2v) is 7.15. The lowest BCUT2D eigenvalue weighted by Crippen LogP contribution is -2.48. The van der Waals surface area contributed by atoms with Gasteiger partial charge in [0.1, 0.15) is 6.04 Å². The number of aryl methyl sites for hydroxylation is 2. The zero-order chi connectivity index (χ0) is 20.0. The average molecular weight is 387 g/mol. The van der Waals surface area contributed by atoms with Crippen LogP contribution >= 0.6 is 11.6 Å². The van der Waals surface area contributed by atoms with Crippen LogP contribution in [0.3, 0.4) is 0 Å². The number of carbonyl (C=O) groups excluding carboxylic acids is 2. The zero-order valence-corrected chi connectivity index (χ0v) is 17.1. The highest BCUT2D eigenvalue weighted by Crippen LogP contribution is 2.21. The Morgan fingerprint density at radius 1 is 1.11 bits per heavy atom. The lowest BCUT2D eigenvalue weighted by molar-refractivity contribution is -0.140. The van der Waals surface area contributed by atoms with Gasteiger partial charge in [0.15, 0.2) is 0 Å². The number of likely N-dealkylation sites (N-methyl/N-ethyl adjacent to an activating group) is 1. The van der Waals surface area contributed by atoms with Gasteiger partial charge in [0.05, 0.1) is 6.42 Å². The minimum absolute atomic E-state index is 0.0892. The van der Waals surface area contributed by atoms with Crippen molar-refractivity contribution in [3.63, 3.8) is 0 Å². The second kappa shape index (κ2) is 9.56. The Morgan fingerprint density at radius 3 is 2.41 bits per heavy atom. The molecule has 0 aliphatic carbocycles. The van der Waals surface area contributed by atoms with Crippen LogP contribution in [0.5, 0.6) is 0 Å². The Kier molecular flexibility index (Phi) is 7.43. The van der Waals surface area contributed by atoms with E-state index in [4.69, 9.17) is 11.6 Å². The Morgan fingerprint density at radius 2 is 1.81 bits per heavy atom. The summed E-state index contributed by atoms with van der Waals surface area (Å²) in [6, 6.07) is 12.9. The molecule has 0 aromatic heterocycles.